The van der Waals surface area contributed by atoms with E-state index in [1.54, 1.807) is 26.0 Å². The molecule has 0 spiro atoms. The second-order valence-corrected chi connectivity index (χ2v) is 5.96. The van der Waals surface area contributed by atoms with Gasteiger partial charge in [0.05, 0.1) is 6.42 Å². The van der Waals surface area contributed by atoms with Crippen LogP contribution in [-0.4, -0.2) is 21.9 Å². The summed E-state index contributed by atoms with van der Waals surface area (Å²) in [6.07, 6.45) is 0.847. The maximum atomic E-state index is 12.9. The number of nitrogens with one attached hydrogen (secondary N) is 2. The van der Waals surface area contributed by atoms with Crippen molar-refractivity contribution in [1.29, 1.82) is 0 Å². The fourth-order valence-corrected chi connectivity index (χ4v) is 2.81. The quantitative estimate of drug-likeness (QED) is 0.902. The highest BCUT2D eigenvalue weighted by atomic mass is 19.1. The van der Waals surface area contributed by atoms with Crippen LogP contribution in [0.4, 0.5) is 4.39 Å². The molecule has 120 valence electrons. The third-order valence-electron chi connectivity index (χ3n) is 4.11. The fraction of sp³-hybridized carbons (Fsp3) is 0.353. The Balaban J connectivity index is 1.61. The van der Waals surface area contributed by atoms with Gasteiger partial charge in [-0.25, -0.2) is 9.37 Å². The number of benzene rings is 1. The van der Waals surface area contributed by atoms with E-state index in [-0.39, 0.29) is 35.7 Å². The van der Waals surface area contributed by atoms with E-state index in [9.17, 15) is 14.0 Å². The Kier molecular flexibility index (Phi) is 3.98. The van der Waals surface area contributed by atoms with Crippen LogP contribution >= 0.6 is 0 Å². The van der Waals surface area contributed by atoms with Crippen LogP contribution in [0.2, 0.25) is 0 Å². The van der Waals surface area contributed by atoms with E-state index < -0.39 is 0 Å². The first-order chi connectivity index (χ1) is 10.9. The maximum Gasteiger partial charge on any atom is 0.254 e. The van der Waals surface area contributed by atoms with Crippen molar-refractivity contribution in [3.63, 3.8) is 0 Å². The molecule has 1 aliphatic rings. The van der Waals surface area contributed by atoms with Crippen LogP contribution in [0.15, 0.2) is 29.1 Å². The summed E-state index contributed by atoms with van der Waals surface area (Å²) in [6, 6.07) is 6.38. The molecule has 1 aromatic heterocycles. The zero-order valence-corrected chi connectivity index (χ0v) is 13.0. The number of rotatable bonds is 4. The van der Waals surface area contributed by atoms with E-state index in [1.165, 1.54) is 12.1 Å². The molecule has 0 saturated heterocycles. The second-order valence-electron chi connectivity index (χ2n) is 5.96. The van der Waals surface area contributed by atoms with Gasteiger partial charge in [0.15, 0.2) is 0 Å². The smallest absolute Gasteiger partial charge is 0.254 e. The van der Waals surface area contributed by atoms with Gasteiger partial charge in [-0.05, 0) is 38.0 Å². The van der Waals surface area contributed by atoms with Crippen LogP contribution in [0.25, 0.3) is 0 Å². The van der Waals surface area contributed by atoms with Gasteiger partial charge in [0.2, 0.25) is 5.91 Å². The van der Waals surface area contributed by atoms with E-state index in [4.69, 9.17) is 0 Å². The first-order valence-electron chi connectivity index (χ1n) is 7.55. The molecule has 3 rings (SSSR count). The molecule has 2 atom stereocenters. The van der Waals surface area contributed by atoms with Crippen LogP contribution in [0.5, 0.6) is 0 Å². The molecule has 1 amide bonds. The molecule has 0 radical (unpaired) electrons. The zero-order chi connectivity index (χ0) is 16.6. The average Bonchev–Trinajstić information content (AvgIpc) is 3.22. The SMILES string of the molecule is Cc1nc(C)c(CC(=O)N[C@H]2C[C@@H]2c2ccc(F)cc2)c(=O)[nH]1. The van der Waals surface area contributed by atoms with Crippen molar-refractivity contribution in [2.24, 2.45) is 0 Å². The lowest BCUT2D eigenvalue weighted by molar-refractivity contribution is -0.120. The summed E-state index contributed by atoms with van der Waals surface area (Å²) in [4.78, 5) is 30.8. The number of aromatic amines is 1. The zero-order valence-electron chi connectivity index (χ0n) is 13.0. The van der Waals surface area contributed by atoms with Gasteiger partial charge >= 0.3 is 0 Å². The van der Waals surface area contributed by atoms with E-state index in [0.717, 1.165) is 12.0 Å². The van der Waals surface area contributed by atoms with Gasteiger partial charge in [0.25, 0.3) is 5.56 Å². The molecule has 23 heavy (non-hydrogen) atoms. The molecule has 0 bridgehead atoms. The molecule has 1 aliphatic carbocycles. The van der Waals surface area contributed by atoms with Crippen molar-refractivity contribution in [3.05, 3.63) is 63.1 Å². The van der Waals surface area contributed by atoms with Crippen molar-refractivity contribution < 1.29 is 9.18 Å². The summed E-state index contributed by atoms with van der Waals surface area (Å²) in [7, 11) is 0. The molecule has 1 heterocycles. The van der Waals surface area contributed by atoms with E-state index in [2.05, 4.69) is 15.3 Å². The van der Waals surface area contributed by atoms with Crippen molar-refractivity contribution in [3.8, 4) is 0 Å². The lowest BCUT2D eigenvalue weighted by Gasteiger charge is -2.07. The fourth-order valence-electron chi connectivity index (χ4n) is 2.81. The van der Waals surface area contributed by atoms with E-state index in [0.29, 0.717) is 17.1 Å². The maximum absolute atomic E-state index is 12.9. The minimum Gasteiger partial charge on any atom is -0.352 e. The lowest BCUT2D eigenvalue weighted by atomic mass is 10.1. The number of hydrogen-bond donors (Lipinski definition) is 2. The third kappa shape index (κ3) is 3.47. The molecule has 5 nitrogen and oxygen atoms in total. The Hall–Kier alpha value is -2.50. The highest BCUT2D eigenvalue weighted by molar-refractivity contribution is 5.79. The highest BCUT2D eigenvalue weighted by Crippen LogP contribution is 2.40. The Labute approximate surface area is 133 Å². The summed E-state index contributed by atoms with van der Waals surface area (Å²) in [5.74, 6) is 0.292. The molecule has 6 heteroatoms. The summed E-state index contributed by atoms with van der Waals surface area (Å²) < 4.78 is 12.9. The predicted molar refractivity (Wildman–Crippen MR) is 83.7 cm³/mol. The van der Waals surface area contributed by atoms with Gasteiger partial charge in [-0.3, -0.25) is 9.59 Å². The van der Waals surface area contributed by atoms with Crippen LogP contribution in [0.3, 0.4) is 0 Å². The Morgan fingerprint density at radius 3 is 2.70 bits per heavy atom. The Morgan fingerprint density at radius 2 is 2.04 bits per heavy atom. The number of carbonyl (C=O) groups excluding carboxylic acids is 1. The number of H-pyrrole nitrogens is 1. The Morgan fingerprint density at radius 1 is 1.35 bits per heavy atom. The van der Waals surface area contributed by atoms with Crippen molar-refractivity contribution in [1.82, 2.24) is 15.3 Å². The van der Waals surface area contributed by atoms with Gasteiger partial charge in [0.1, 0.15) is 11.6 Å². The lowest BCUT2D eigenvalue weighted by Crippen LogP contribution is -2.31. The van der Waals surface area contributed by atoms with Crippen molar-refractivity contribution in [2.45, 2.75) is 38.6 Å². The Bertz CT molecular complexity index is 798. The summed E-state index contributed by atoms with van der Waals surface area (Å²) >= 11 is 0. The molecule has 0 aliphatic heterocycles. The second kappa shape index (κ2) is 5.95. The first-order valence-corrected chi connectivity index (χ1v) is 7.55. The van der Waals surface area contributed by atoms with Crippen LogP contribution in [0, 0.1) is 19.7 Å². The molecular formula is C17H18FN3O2. The predicted octanol–water partition coefficient (Wildman–Crippen LogP) is 1.74. The topological polar surface area (TPSA) is 74.8 Å². The molecular weight excluding hydrogens is 297 g/mol. The molecule has 2 aromatic rings. The number of halogens is 1. The third-order valence-corrected chi connectivity index (χ3v) is 4.11. The summed E-state index contributed by atoms with van der Waals surface area (Å²) in [6.45, 7) is 3.43. The minimum absolute atomic E-state index is 0.0150. The average molecular weight is 315 g/mol. The van der Waals surface area contributed by atoms with Gasteiger partial charge in [-0.1, -0.05) is 12.1 Å². The standard InChI is InChI=1S/C17H18FN3O2/c1-9-13(17(23)20-10(2)19-9)8-16(22)21-15-7-14(15)11-3-5-12(18)6-4-11/h3-6,14-15H,7-8H2,1-2H3,(H,21,22)(H,19,20,23)/t14-,15+/m1/s1. The number of aromatic nitrogens is 2. The number of aryl methyl sites for hydroxylation is 2. The molecule has 0 unspecified atom stereocenters. The molecule has 2 N–H and O–H groups in total. The van der Waals surface area contributed by atoms with Crippen molar-refractivity contribution >= 4 is 5.91 Å². The number of amides is 1. The summed E-state index contributed by atoms with van der Waals surface area (Å²) in [5.41, 5.74) is 1.72. The monoisotopic (exact) mass is 315 g/mol. The van der Waals surface area contributed by atoms with Crippen LogP contribution in [0.1, 0.15) is 35.0 Å². The normalized spacial score (nSPS) is 19.4. The van der Waals surface area contributed by atoms with Crippen LogP contribution < -0.4 is 10.9 Å². The van der Waals surface area contributed by atoms with Crippen molar-refractivity contribution in [2.75, 3.05) is 0 Å². The largest absolute Gasteiger partial charge is 0.352 e. The highest BCUT2D eigenvalue weighted by Gasteiger charge is 2.39. The van der Waals surface area contributed by atoms with Gasteiger partial charge in [0, 0.05) is 23.2 Å². The van der Waals surface area contributed by atoms with E-state index >= 15 is 0 Å². The van der Waals surface area contributed by atoms with Gasteiger partial charge in [-0.2, -0.15) is 0 Å². The minimum atomic E-state index is -0.268. The van der Waals surface area contributed by atoms with E-state index in [1.807, 2.05) is 0 Å². The number of hydrogen-bond acceptors (Lipinski definition) is 3. The molecule has 1 fully saturated rings. The molecule has 1 saturated carbocycles. The number of nitrogens with zero attached hydrogens (tertiary/aromatic N) is 1. The van der Waals surface area contributed by atoms with Gasteiger partial charge < -0.3 is 10.3 Å². The van der Waals surface area contributed by atoms with Gasteiger partial charge in [-0.15, -0.1) is 0 Å². The van der Waals surface area contributed by atoms with Crippen LogP contribution in [-0.2, 0) is 11.2 Å². The summed E-state index contributed by atoms with van der Waals surface area (Å²) in [5, 5.41) is 2.92. The first kappa shape index (κ1) is 15.4. The molecule has 1 aromatic carbocycles. The number of carbonyl (C=O) groups is 1.